The highest BCUT2D eigenvalue weighted by Gasteiger charge is 2.13. The minimum absolute atomic E-state index is 0.160. The van der Waals surface area contributed by atoms with Crippen LogP contribution in [-0.2, 0) is 5.75 Å². The third kappa shape index (κ3) is 3.67. The number of hydrogen-bond donors (Lipinski definition) is 1. The predicted octanol–water partition coefficient (Wildman–Crippen LogP) is 5.33. The number of anilines is 1. The van der Waals surface area contributed by atoms with Gasteiger partial charge in [0.15, 0.2) is 11.5 Å². The molecule has 5 rings (SSSR count). The number of carbonyl (C=O) groups is 1. The zero-order valence-electron chi connectivity index (χ0n) is 16.2. The van der Waals surface area contributed by atoms with E-state index in [0.717, 1.165) is 21.8 Å². The molecule has 0 aliphatic heterocycles. The summed E-state index contributed by atoms with van der Waals surface area (Å²) in [5, 5.41) is 2.97. The minimum Gasteiger partial charge on any atom is -0.441 e. The number of nitrogens with zero attached hydrogens (tertiary/aromatic N) is 3. The van der Waals surface area contributed by atoms with Crippen LogP contribution in [0.2, 0.25) is 0 Å². The van der Waals surface area contributed by atoms with Gasteiger partial charge in [-0.1, -0.05) is 18.2 Å². The Balaban J connectivity index is 1.34. The fourth-order valence-electron chi connectivity index (χ4n) is 3.31. The fraction of sp³-hybridized carbons (Fsp3) is 0.0870. The minimum atomic E-state index is -0.160. The Hall–Kier alpha value is -3.58. The molecule has 5 aromatic rings. The van der Waals surface area contributed by atoms with E-state index < -0.39 is 0 Å². The van der Waals surface area contributed by atoms with Crippen molar-refractivity contribution >= 4 is 40.1 Å². The lowest BCUT2D eigenvalue weighted by atomic mass is 10.2. The lowest BCUT2D eigenvalue weighted by molar-refractivity contribution is 0.102. The summed E-state index contributed by atoms with van der Waals surface area (Å²) in [7, 11) is 0. The molecule has 7 heteroatoms. The molecule has 0 saturated heterocycles. The number of imidazole rings is 1. The molecule has 0 bridgehead atoms. The summed E-state index contributed by atoms with van der Waals surface area (Å²) in [6.07, 6.45) is 3.99. The summed E-state index contributed by atoms with van der Waals surface area (Å²) in [5.41, 5.74) is 4.61. The van der Waals surface area contributed by atoms with Crippen LogP contribution < -0.4 is 5.32 Å². The van der Waals surface area contributed by atoms with E-state index in [1.54, 1.807) is 18.7 Å². The lowest BCUT2D eigenvalue weighted by Crippen LogP contribution is -2.12. The number of hydrogen-bond acceptors (Lipinski definition) is 5. The number of aromatic nitrogens is 3. The van der Waals surface area contributed by atoms with Crippen molar-refractivity contribution in [3.05, 3.63) is 90.2 Å². The molecule has 0 saturated carbocycles. The van der Waals surface area contributed by atoms with Crippen molar-refractivity contribution in [2.24, 2.45) is 0 Å². The molecular formula is C23H18N4O2S. The van der Waals surface area contributed by atoms with Crippen molar-refractivity contribution in [1.82, 2.24) is 14.4 Å². The monoisotopic (exact) mass is 414 g/mol. The maximum atomic E-state index is 12.9. The van der Waals surface area contributed by atoms with E-state index in [1.165, 1.54) is 0 Å². The van der Waals surface area contributed by atoms with Gasteiger partial charge in [-0.25, -0.2) is 9.97 Å². The van der Waals surface area contributed by atoms with Crippen molar-refractivity contribution in [2.45, 2.75) is 17.6 Å². The second-order valence-corrected chi connectivity index (χ2v) is 7.87. The average Bonchev–Trinajstić information content (AvgIpc) is 3.34. The number of thioether (sulfide) groups is 1. The molecule has 0 radical (unpaired) electrons. The van der Waals surface area contributed by atoms with Crippen LogP contribution in [0.25, 0.3) is 16.7 Å². The number of benzene rings is 2. The third-order valence-corrected chi connectivity index (χ3v) is 5.78. The summed E-state index contributed by atoms with van der Waals surface area (Å²) in [5.74, 6) is 1.12. The molecule has 1 N–H and O–H groups in total. The first-order valence-electron chi connectivity index (χ1n) is 9.49. The summed E-state index contributed by atoms with van der Waals surface area (Å²) < 4.78 is 7.49. The fourth-order valence-corrected chi connectivity index (χ4v) is 4.24. The highest BCUT2D eigenvalue weighted by Crippen LogP contribution is 2.27. The molecule has 2 aromatic carbocycles. The van der Waals surface area contributed by atoms with Crippen LogP contribution in [0, 0.1) is 6.92 Å². The number of nitrogens with one attached hydrogen (secondary N) is 1. The Morgan fingerprint density at radius 1 is 1.10 bits per heavy atom. The Morgan fingerprint density at radius 2 is 1.97 bits per heavy atom. The third-order valence-electron chi connectivity index (χ3n) is 4.67. The second-order valence-electron chi connectivity index (χ2n) is 6.85. The van der Waals surface area contributed by atoms with E-state index in [-0.39, 0.29) is 5.91 Å². The molecule has 0 unspecified atom stereocenters. The summed E-state index contributed by atoms with van der Waals surface area (Å²) in [6.45, 7) is 1.80. The highest BCUT2D eigenvalue weighted by atomic mass is 32.2. The van der Waals surface area contributed by atoms with Gasteiger partial charge in [0, 0.05) is 35.7 Å². The number of pyridine rings is 1. The zero-order chi connectivity index (χ0) is 20.5. The molecule has 0 spiro atoms. The van der Waals surface area contributed by atoms with E-state index >= 15 is 0 Å². The molecule has 1 amide bonds. The molecule has 3 heterocycles. The maximum absolute atomic E-state index is 12.9. The van der Waals surface area contributed by atoms with Gasteiger partial charge in [-0.3, -0.25) is 4.79 Å². The topological polar surface area (TPSA) is 72.4 Å². The molecule has 30 heavy (non-hydrogen) atoms. The maximum Gasteiger partial charge on any atom is 0.256 e. The van der Waals surface area contributed by atoms with Gasteiger partial charge in [-0.2, -0.15) is 0 Å². The largest absolute Gasteiger partial charge is 0.441 e. The van der Waals surface area contributed by atoms with Crippen LogP contribution in [0.3, 0.4) is 0 Å². The normalized spacial score (nSPS) is 11.2. The molecule has 3 aromatic heterocycles. The van der Waals surface area contributed by atoms with Crippen LogP contribution in [0.4, 0.5) is 5.69 Å². The molecular weight excluding hydrogens is 396 g/mol. The van der Waals surface area contributed by atoms with E-state index in [2.05, 4.69) is 15.3 Å². The highest BCUT2D eigenvalue weighted by molar-refractivity contribution is 7.98. The number of aryl methyl sites for hydroxylation is 1. The SMILES string of the molecule is Cc1nc2cc(NC(=O)c3ccccc3SCc3cn4ccccc4n3)ccc2o1. The zero-order valence-corrected chi connectivity index (χ0v) is 17.0. The van der Waals surface area contributed by atoms with Crippen molar-refractivity contribution in [3.8, 4) is 0 Å². The number of carbonyl (C=O) groups excluding carboxylic acids is 1. The van der Waals surface area contributed by atoms with Gasteiger partial charge in [0.05, 0.1) is 11.3 Å². The van der Waals surface area contributed by atoms with Gasteiger partial charge < -0.3 is 14.1 Å². The van der Waals surface area contributed by atoms with Crippen molar-refractivity contribution in [2.75, 3.05) is 5.32 Å². The first kappa shape index (κ1) is 18.4. The standard InChI is InChI=1S/C23H18N4O2S/c1-15-24-19-12-16(9-10-20(19)29-15)26-23(28)18-6-2-3-7-21(18)30-14-17-13-27-11-5-4-8-22(27)25-17/h2-13H,14H2,1H3,(H,26,28). The van der Waals surface area contributed by atoms with Crippen molar-refractivity contribution in [1.29, 1.82) is 0 Å². The molecule has 0 aliphatic carbocycles. The van der Waals surface area contributed by atoms with E-state index in [1.807, 2.05) is 77.5 Å². The number of fused-ring (bicyclic) bond motifs is 2. The molecule has 0 aliphatic rings. The second kappa shape index (κ2) is 7.68. The van der Waals surface area contributed by atoms with Gasteiger partial charge >= 0.3 is 0 Å². The van der Waals surface area contributed by atoms with E-state index in [9.17, 15) is 4.79 Å². The van der Waals surface area contributed by atoms with E-state index in [0.29, 0.717) is 28.5 Å². The number of amides is 1. The molecule has 6 nitrogen and oxygen atoms in total. The summed E-state index contributed by atoms with van der Waals surface area (Å²) in [4.78, 5) is 22.8. The summed E-state index contributed by atoms with van der Waals surface area (Å²) >= 11 is 1.60. The Kier molecular flexibility index (Phi) is 4.72. The van der Waals surface area contributed by atoms with Crippen LogP contribution in [0.5, 0.6) is 0 Å². The van der Waals surface area contributed by atoms with E-state index in [4.69, 9.17) is 4.42 Å². The molecule has 148 valence electrons. The Bertz CT molecular complexity index is 1340. The van der Waals surface area contributed by atoms with Crippen molar-refractivity contribution < 1.29 is 9.21 Å². The Labute approximate surface area is 177 Å². The van der Waals surface area contributed by atoms with Gasteiger partial charge in [-0.15, -0.1) is 11.8 Å². The van der Waals surface area contributed by atoms with Gasteiger partial charge in [-0.05, 0) is 42.5 Å². The predicted molar refractivity (Wildman–Crippen MR) is 118 cm³/mol. The van der Waals surface area contributed by atoms with Gasteiger partial charge in [0.25, 0.3) is 5.91 Å². The van der Waals surface area contributed by atoms with Gasteiger partial charge in [0.1, 0.15) is 11.2 Å². The smallest absolute Gasteiger partial charge is 0.256 e. The van der Waals surface area contributed by atoms with Crippen LogP contribution in [0.1, 0.15) is 21.9 Å². The summed E-state index contributed by atoms with van der Waals surface area (Å²) in [6, 6.07) is 19.0. The number of oxazole rings is 1. The van der Waals surface area contributed by atoms with Crippen LogP contribution >= 0.6 is 11.8 Å². The van der Waals surface area contributed by atoms with Crippen molar-refractivity contribution in [3.63, 3.8) is 0 Å². The van der Waals surface area contributed by atoms with Crippen LogP contribution in [0.15, 0.2) is 82.4 Å². The lowest BCUT2D eigenvalue weighted by Gasteiger charge is -2.09. The average molecular weight is 414 g/mol. The molecule has 0 fully saturated rings. The quantitative estimate of drug-likeness (QED) is 0.394. The molecule has 0 atom stereocenters. The first-order valence-corrected chi connectivity index (χ1v) is 10.5. The Morgan fingerprint density at radius 3 is 2.87 bits per heavy atom. The van der Waals surface area contributed by atoms with Crippen LogP contribution in [-0.4, -0.2) is 20.3 Å². The van der Waals surface area contributed by atoms with Gasteiger partial charge in [0.2, 0.25) is 0 Å². The number of rotatable bonds is 5. The first-order chi connectivity index (χ1) is 14.7.